The minimum absolute atomic E-state index is 0.0175. The number of nitrogens with zero attached hydrogens (tertiary/aromatic N) is 2. The highest BCUT2D eigenvalue weighted by Crippen LogP contribution is 2.22. The van der Waals surface area contributed by atoms with Crippen LogP contribution in [0.3, 0.4) is 0 Å². The van der Waals surface area contributed by atoms with E-state index in [4.69, 9.17) is 0 Å². The van der Waals surface area contributed by atoms with E-state index in [0.29, 0.717) is 13.0 Å². The summed E-state index contributed by atoms with van der Waals surface area (Å²) in [6.45, 7) is 4.50. The number of aryl methyl sites for hydroxylation is 2. The van der Waals surface area contributed by atoms with Crippen molar-refractivity contribution in [3.8, 4) is 11.1 Å². The SMILES string of the molecule is Cc1nn(CCC(=O)Nc2ccc(-c3ccccc3)cc2)c(C)c1Br. The van der Waals surface area contributed by atoms with Gasteiger partial charge in [-0.05, 0) is 53.0 Å². The van der Waals surface area contributed by atoms with Gasteiger partial charge < -0.3 is 5.32 Å². The average Bonchev–Trinajstić information content (AvgIpc) is 2.88. The van der Waals surface area contributed by atoms with E-state index >= 15 is 0 Å². The van der Waals surface area contributed by atoms with Gasteiger partial charge in [0.25, 0.3) is 0 Å². The maximum Gasteiger partial charge on any atom is 0.226 e. The van der Waals surface area contributed by atoms with Gasteiger partial charge in [-0.2, -0.15) is 5.10 Å². The Morgan fingerprint density at radius 3 is 2.28 bits per heavy atom. The van der Waals surface area contributed by atoms with Crippen molar-refractivity contribution in [2.45, 2.75) is 26.8 Å². The van der Waals surface area contributed by atoms with E-state index in [1.165, 1.54) is 0 Å². The number of hydrogen-bond donors (Lipinski definition) is 1. The summed E-state index contributed by atoms with van der Waals surface area (Å²) in [6, 6.07) is 18.1. The van der Waals surface area contributed by atoms with Crippen molar-refractivity contribution in [1.29, 1.82) is 0 Å². The van der Waals surface area contributed by atoms with Gasteiger partial charge in [0.15, 0.2) is 0 Å². The zero-order valence-corrected chi connectivity index (χ0v) is 15.9. The van der Waals surface area contributed by atoms with Gasteiger partial charge in [-0.15, -0.1) is 0 Å². The molecule has 1 heterocycles. The minimum Gasteiger partial charge on any atom is -0.326 e. The number of benzene rings is 2. The highest BCUT2D eigenvalue weighted by Gasteiger charge is 2.10. The molecule has 128 valence electrons. The van der Waals surface area contributed by atoms with E-state index in [2.05, 4.69) is 38.5 Å². The molecule has 0 saturated carbocycles. The molecule has 0 aliphatic carbocycles. The van der Waals surface area contributed by atoms with Gasteiger partial charge in [0.1, 0.15) is 0 Å². The lowest BCUT2D eigenvalue weighted by molar-refractivity contribution is -0.116. The lowest BCUT2D eigenvalue weighted by Crippen LogP contribution is -2.15. The maximum atomic E-state index is 12.2. The Morgan fingerprint density at radius 2 is 1.68 bits per heavy atom. The van der Waals surface area contributed by atoms with Crippen LogP contribution in [-0.2, 0) is 11.3 Å². The summed E-state index contributed by atoms with van der Waals surface area (Å²) >= 11 is 3.50. The molecule has 1 amide bonds. The first-order valence-corrected chi connectivity index (χ1v) is 8.99. The molecular formula is C20H20BrN3O. The molecule has 1 N–H and O–H groups in total. The second-order valence-electron chi connectivity index (χ2n) is 5.95. The van der Waals surface area contributed by atoms with Crippen LogP contribution < -0.4 is 5.32 Å². The Labute approximate surface area is 156 Å². The molecule has 0 spiro atoms. The monoisotopic (exact) mass is 397 g/mol. The normalized spacial score (nSPS) is 10.7. The number of carbonyl (C=O) groups is 1. The summed E-state index contributed by atoms with van der Waals surface area (Å²) in [5.41, 5.74) is 5.08. The molecule has 0 aliphatic heterocycles. The van der Waals surface area contributed by atoms with Crippen LogP contribution in [0.15, 0.2) is 59.1 Å². The molecule has 0 radical (unpaired) electrons. The summed E-state index contributed by atoms with van der Waals surface area (Å²) in [4.78, 5) is 12.2. The largest absolute Gasteiger partial charge is 0.326 e. The van der Waals surface area contributed by atoms with Crippen molar-refractivity contribution < 1.29 is 4.79 Å². The molecule has 0 unspecified atom stereocenters. The van der Waals surface area contributed by atoms with Gasteiger partial charge in [-0.25, -0.2) is 0 Å². The molecule has 0 bridgehead atoms. The molecule has 0 aliphatic rings. The molecule has 2 aromatic carbocycles. The highest BCUT2D eigenvalue weighted by molar-refractivity contribution is 9.10. The Hall–Kier alpha value is -2.40. The fourth-order valence-corrected chi connectivity index (χ4v) is 2.98. The fourth-order valence-electron chi connectivity index (χ4n) is 2.70. The van der Waals surface area contributed by atoms with Crippen molar-refractivity contribution in [3.05, 3.63) is 70.5 Å². The molecule has 0 fully saturated rings. The van der Waals surface area contributed by atoms with Crippen molar-refractivity contribution in [2.24, 2.45) is 0 Å². The maximum absolute atomic E-state index is 12.2. The smallest absolute Gasteiger partial charge is 0.226 e. The molecule has 3 rings (SSSR count). The van der Waals surface area contributed by atoms with Gasteiger partial charge in [0.2, 0.25) is 5.91 Å². The first-order chi connectivity index (χ1) is 12.0. The van der Waals surface area contributed by atoms with Crippen LogP contribution in [0, 0.1) is 13.8 Å². The Kier molecular flexibility index (Phi) is 5.34. The van der Waals surface area contributed by atoms with Crippen LogP contribution in [0.25, 0.3) is 11.1 Å². The molecule has 25 heavy (non-hydrogen) atoms. The number of anilines is 1. The molecule has 3 aromatic rings. The summed E-state index contributed by atoms with van der Waals surface area (Å²) < 4.78 is 2.86. The van der Waals surface area contributed by atoms with Crippen LogP contribution >= 0.6 is 15.9 Å². The number of carbonyl (C=O) groups excluding carboxylic acids is 1. The third-order valence-corrected chi connectivity index (χ3v) is 5.27. The second kappa shape index (κ2) is 7.66. The van der Waals surface area contributed by atoms with Crippen LogP contribution in [0.2, 0.25) is 0 Å². The van der Waals surface area contributed by atoms with Gasteiger partial charge in [0.05, 0.1) is 16.7 Å². The Bertz CT molecular complexity index is 870. The van der Waals surface area contributed by atoms with Crippen LogP contribution in [0.4, 0.5) is 5.69 Å². The molecule has 0 saturated heterocycles. The van der Waals surface area contributed by atoms with E-state index in [1.807, 2.05) is 61.0 Å². The number of aromatic nitrogens is 2. The topological polar surface area (TPSA) is 46.9 Å². The fraction of sp³-hybridized carbons (Fsp3) is 0.200. The van der Waals surface area contributed by atoms with Crippen molar-refractivity contribution in [2.75, 3.05) is 5.32 Å². The minimum atomic E-state index is -0.0175. The number of amides is 1. The van der Waals surface area contributed by atoms with E-state index in [-0.39, 0.29) is 5.91 Å². The molecule has 4 nitrogen and oxygen atoms in total. The molecule has 1 aromatic heterocycles. The van der Waals surface area contributed by atoms with Crippen LogP contribution in [0.5, 0.6) is 0 Å². The van der Waals surface area contributed by atoms with Gasteiger partial charge in [-0.1, -0.05) is 42.5 Å². The van der Waals surface area contributed by atoms with Crippen LogP contribution in [-0.4, -0.2) is 15.7 Å². The molecule has 0 atom stereocenters. The summed E-state index contributed by atoms with van der Waals surface area (Å²) in [5.74, 6) is -0.0175. The Morgan fingerprint density at radius 1 is 1.04 bits per heavy atom. The summed E-state index contributed by atoms with van der Waals surface area (Å²) in [7, 11) is 0. The van der Waals surface area contributed by atoms with Gasteiger partial charge in [-0.3, -0.25) is 9.48 Å². The summed E-state index contributed by atoms with van der Waals surface area (Å²) in [5, 5.41) is 7.36. The first kappa shape index (κ1) is 17.4. The van der Waals surface area contributed by atoms with E-state index in [9.17, 15) is 4.79 Å². The lowest BCUT2D eigenvalue weighted by atomic mass is 10.1. The van der Waals surface area contributed by atoms with E-state index in [1.54, 1.807) is 0 Å². The highest BCUT2D eigenvalue weighted by atomic mass is 79.9. The lowest BCUT2D eigenvalue weighted by Gasteiger charge is -2.08. The van der Waals surface area contributed by atoms with Gasteiger partial charge in [0, 0.05) is 17.8 Å². The third-order valence-electron chi connectivity index (χ3n) is 4.12. The predicted octanol–water partition coefficient (Wildman–Crippen LogP) is 4.96. The quantitative estimate of drug-likeness (QED) is 0.661. The van der Waals surface area contributed by atoms with Crippen molar-refractivity contribution in [3.63, 3.8) is 0 Å². The zero-order chi connectivity index (χ0) is 17.8. The van der Waals surface area contributed by atoms with E-state index in [0.717, 1.165) is 32.7 Å². The van der Waals surface area contributed by atoms with Crippen LogP contribution in [0.1, 0.15) is 17.8 Å². The average molecular weight is 398 g/mol. The standard InChI is InChI=1S/C20H20BrN3O/c1-14-20(21)15(2)24(23-14)13-12-19(25)22-18-10-8-17(9-11-18)16-6-4-3-5-7-16/h3-11H,12-13H2,1-2H3,(H,22,25). The van der Waals surface area contributed by atoms with Crippen molar-refractivity contribution in [1.82, 2.24) is 9.78 Å². The molecular weight excluding hydrogens is 378 g/mol. The number of nitrogens with one attached hydrogen (secondary N) is 1. The van der Waals surface area contributed by atoms with Gasteiger partial charge >= 0.3 is 0 Å². The third kappa shape index (κ3) is 4.17. The number of hydrogen-bond acceptors (Lipinski definition) is 2. The van der Waals surface area contributed by atoms with E-state index < -0.39 is 0 Å². The predicted molar refractivity (Wildman–Crippen MR) is 105 cm³/mol. The second-order valence-corrected chi connectivity index (χ2v) is 6.74. The first-order valence-electron chi connectivity index (χ1n) is 8.19. The number of halogens is 1. The summed E-state index contributed by atoms with van der Waals surface area (Å²) in [6.07, 6.45) is 0.384. The molecule has 5 heteroatoms. The van der Waals surface area contributed by atoms with Crippen molar-refractivity contribution >= 4 is 27.5 Å². The Balaban J connectivity index is 1.58. The number of rotatable bonds is 5. The zero-order valence-electron chi connectivity index (χ0n) is 14.3.